The van der Waals surface area contributed by atoms with Gasteiger partial charge in [0.1, 0.15) is 17.4 Å². The molecule has 0 aliphatic rings. The fourth-order valence-electron chi connectivity index (χ4n) is 1.92. The van der Waals surface area contributed by atoms with Gasteiger partial charge in [0, 0.05) is 31.0 Å². The molecule has 5 nitrogen and oxygen atoms in total. The van der Waals surface area contributed by atoms with Gasteiger partial charge < -0.3 is 15.3 Å². The van der Waals surface area contributed by atoms with Gasteiger partial charge in [-0.25, -0.2) is 0 Å². The summed E-state index contributed by atoms with van der Waals surface area (Å²) in [6.45, 7) is 5.71. The largest absolute Gasteiger partial charge is 0.508 e. The fraction of sp³-hybridized carbons (Fsp3) is 0.375. The minimum Gasteiger partial charge on any atom is -0.508 e. The maximum Gasteiger partial charge on any atom is 0.267 e. The SMILES string of the molecule is CCCN(/C=C(/C#N)C(=O)Nc1cccc(O)c1)CCC. The maximum atomic E-state index is 12.1. The van der Waals surface area contributed by atoms with Crippen molar-refractivity contribution in [2.45, 2.75) is 26.7 Å². The van der Waals surface area contributed by atoms with Gasteiger partial charge in [-0.05, 0) is 25.0 Å². The molecule has 1 amide bonds. The Kier molecular flexibility index (Phi) is 6.82. The van der Waals surface area contributed by atoms with E-state index in [1.165, 1.54) is 12.1 Å². The molecule has 0 aliphatic heterocycles. The van der Waals surface area contributed by atoms with Crippen molar-refractivity contribution in [3.63, 3.8) is 0 Å². The van der Waals surface area contributed by atoms with Crippen molar-refractivity contribution in [3.8, 4) is 11.8 Å². The number of amides is 1. The Morgan fingerprint density at radius 1 is 1.38 bits per heavy atom. The van der Waals surface area contributed by atoms with Crippen LogP contribution < -0.4 is 5.32 Å². The van der Waals surface area contributed by atoms with Crippen molar-refractivity contribution in [2.75, 3.05) is 18.4 Å². The molecule has 1 aromatic carbocycles. The summed E-state index contributed by atoms with van der Waals surface area (Å²) < 4.78 is 0. The number of carbonyl (C=O) groups excluding carboxylic acids is 1. The van der Waals surface area contributed by atoms with E-state index in [0.717, 1.165) is 25.9 Å². The van der Waals surface area contributed by atoms with Crippen LogP contribution in [0.2, 0.25) is 0 Å². The van der Waals surface area contributed by atoms with E-state index in [4.69, 9.17) is 5.26 Å². The highest BCUT2D eigenvalue weighted by Crippen LogP contribution is 2.16. The normalized spacial score (nSPS) is 10.8. The van der Waals surface area contributed by atoms with E-state index >= 15 is 0 Å². The summed E-state index contributed by atoms with van der Waals surface area (Å²) in [6, 6.07) is 8.16. The van der Waals surface area contributed by atoms with Gasteiger partial charge in [-0.2, -0.15) is 5.26 Å². The average Bonchev–Trinajstić information content (AvgIpc) is 2.45. The summed E-state index contributed by atoms with van der Waals surface area (Å²) in [5.41, 5.74) is 0.513. The number of benzene rings is 1. The third-order valence-corrected chi connectivity index (χ3v) is 2.80. The highest BCUT2D eigenvalue weighted by Gasteiger charge is 2.11. The number of hydrogen-bond acceptors (Lipinski definition) is 4. The molecule has 1 rings (SSSR count). The molecule has 112 valence electrons. The maximum absolute atomic E-state index is 12.1. The van der Waals surface area contributed by atoms with Crippen LogP contribution in [-0.2, 0) is 4.79 Å². The molecule has 0 saturated carbocycles. The van der Waals surface area contributed by atoms with Crippen LogP contribution in [0.5, 0.6) is 5.75 Å². The molecule has 0 spiro atoms. The lowest BCUT2D eigenvalue weighted by atomic mass is 10.2. The Morgan fingerprint density at radius 3 is 2.57 bits per heavy atom. The summed E-state index contributed by atoms with van der Waals surface area (Å²) in [5, 5.41) is 21.1. The summed E-state index contributed by atoms with van der Waals surface area (Å²) in [4.78, 5) is 14.1. The summed E-state index contributed by atoms with van der Waals surface area (Å²) in [5.74, 6) is -0.408. The van der Waals surface area contributed by atoms with Gasteiger partial charge in [-0.1, -0.05) is 19.9 Å². The number of nitrogens with zero attached hydrogens (tertiary/aromatic N) is 2. The van der Waals surface area contributed by atoms with Crippen LogP contribution in [0.4, 0.5) is 5.69 Å². The first-order valence-electron chi connectivity index (χ1n) is 7.07. The first-order valence-corrected chi connectivity index (χ1v) is 7.07. The summed E-state index contributed by atoms with van der Waals surface area (Å²) >= 11 is 0. The van der Waals surface area contributed by atoms with Gasteiger partial charge in [0.15, 0.2) is 0 Å². The fourth-order valence-corrected chi connectivity index (χ4v) is 1.92. The Balaban J connectivity index is 2.83. The van der Waals surface area contributed by atoms with Gasteiger partial charge in [0.25, 0.3) is 5.91 Å². The van der Waals surface area contributed by atoms with Crippen LogP contribution in [0.1, 0.15) is 26.7 Å². The van der Waals surface area contributed by atoms with Gasteiger partial charge in [0.2, 0.25) is 0 Å². The molecule has 0 saturated heterocycles. The average molecular weight is 287 g/mol. The lowest BCUT2D eigenvalue weighted by Crippen LogP contribution is -2.22. The predicted octanol–water partition coefficient (Wildman–Crippen LogP) is 2.86. The van der Waals surface area contributed by atoms with E-state index in [1.54, 1.807) is 18.3 Å². The lowest BCUT2D eigenvalue weighted by molar-refractivity contribution is -0.112. The second-order valence-electron chi connectivity index (χ2n) is 4.69. The molecule has 0 bridgehead atoms. The van der Waals surface area contributed by atoms with Gasteiger partial charge in [-0.3, -0.25) is 4.79 Å². The Hall–Kier alpha value is -2.48. The molecule has 0 radical (unpaired) electrons. The molecule has 2 N–H and O–H groups in total. The van der Waals surface area contributed by atoms with Crippen LogP contribution in [0, 0.1) is 11.3 Å². The van der Waals surface area contributed by atoms with E-state index in [0.29, 0.717) is 5.69 Å². The quantitative estimate of drug-likeness (QED) is 0.597. The molecule has 0 heterocycles. The van der Waals surface area contributed by atoms with Crippen molar-refractivity contribution in [3.05, 3.63) is 36.0 Å². The monoisotopic (exact) mass is 287 g/mol. The first kappa shape index (κ1) is 16.6. The minimum absolute atomic E-state index is 0.0558. The van der Waals surface area contributed by atoms with E-state index in [-0.39, 0.29) is 11.3 Å². The molecule has 0 aliphatic carbocycles. The number of nitriles is 1. The van der Waals surface area contributed by atoms with Crippen molar-refractivity contribution in [2.24, 2.45) is 0 Å². The molecule has 5 heteroatoms. The number of aromatic hydroxyl groups is 1. The van der Waals surface area contributed by atoms with Gasteiger partial charge in [-0.15, -0.1) is 0 Å². The minimum atomic E-state index is -0.472. The van der Waals surface area contributed by atoms with E-state index in [2.05, 4.69) is 19.2 Å². The zero-order valence-corrected chi connectivity index (χ0v) is 12.5. The van der Waals surface area contributed by atoms with Crippen LogP contribution in [0.3, 0.4) is 0 Å². The number of nitrogens with one attached hydrogen (secondary N) is 1. The first-order chi connectivity index (χ1) is 10.1. The Bertz CT molecular complexity index is 541. The third kappa shape index (κ3) is 5.57. The lowest BCUT2D eigenvalue weighted by Gasteiger charge is -2.19. The number of hydrogen-bond donors (Lipinski definition) is 2. The highest BCUT2D eigenvalue weighted by atomic mass is 16.3. The molecular formula is C16H21N3O2. The van der Waals surface area contributed by atoms with E-state index in [1.807, 2.05) is 11.0 Å². The van der Waals surface area contributed by atoms with Crippen molar-refractivity contribution in [1.29, 1.82) is 5.26 Å². The topological polar surface area (TPSA) is 76.4 Å². The highest BCUT2D eigenvalue weighted by molar-refractivity contribution is 6.06. The van der Waals surface area contributed by atoms with Crippen molar-refractivity contribution in [1.82, 2.24) is 4.90 Å². The van der Waals surface area contributed by atoms with E-state index in [9.17, 15) is 9.90 Å². The molecule has 1 aromatic rings. The molecule has 0 fully saturated rings. The zero-order valence-electron chi connectivity index (χ0n) is 12.5. The van der Waals surface area contributed by atoms with Crippen LogP contribution in [0.25, 0.3) is 0 Å². The number of phenols is 1. The molecule has 0 unspecified atom stereocenters. The van der Waals surface area contributed by atoms with Crippen LogP contribution in [0.15, 0.2) is 36.0 Å². The van der Waals surface area contributed by atoms with Gasteiger partial charge in [0.05, 0.1) is 0 Å². The number of carbonyl (C=O) groups is 1. The number of phenolic OH excluding ortho intramolecular Hbond substituents is 1. The van der Waals surface area contributed by atoms with Crippen LogP contribution in [-0.4, -0.2) is 29.0 Å². The van der Waals surface area contributed by atoms with Crippen LogP contribution >= 0.6 is 0 Å². The summed E-state index contributed by atoms with van der Waals surface area (Å²) in [6.07, 6.45) is 3.50. The summed E-state index contributed by atoms with van der Waals surface area (Å²) in [7, 11) is 0. The van der Waals surface area contributed by atoms with Crippen molar-refractivity contribution < 1.29 is 9.90 Å². The second-order valence-corrected chi connectivity index (χ2v) is 4.69. The standard InChI is InChI=1S/C16H21N3O2/c1-3-8-19(9-4-2)12-13(11-17)16(21)18-14-6-5-7-15(20)10-14/h5-7,10,12,20H,3-4,8-9H2,1-2H3,(H,18,21)/b13-12-. The van der Waals surface area contributed by atoms with Crippen molar-refractivity contribution >= 4 is 11.6 Å². The molecule has 0 atom stereocenters. The zero-order chi connectivity index (χ0) is 15.7. The Labute approximate surface area is 125 Å². The third-order valence-electron chi connectivity index (χ3n) is 2.80. The van der Waals surface area contributed by atoms with E-state index < -0.39 is 5.91 Å². The number of rotatable bonds is 7. The molecular weight excluding hydrogens is 266 g/mol. The number of anilines is 1. The van der Waals surface area contributed by atoms with Gasteiger partial charge >= 0.3 is 0 Å². The smallest absolute Gasteiger partial charge is 0.267 e. The predicted molar refractivity (Wildman–Crippen MR) is 82.6 cm³/mol. The Morgan fingerprint density at radius 2 is 2.05 bits per heavy atom. The second kappa shape index (κ2) is 8.64. The molecule has 21 heavy (non-hydrogen) atoms. The molecule has 0 aromatic heterocycles.